The average molecular weight is 273 g/mol. The average Bonchev–Trinajstić information content (AvgIpc) is 2.36. The fourth-order valence-corrected chi connectivity index (χ4v) is 6.18. The van der Waals surface area contributed by atoms with E-state index in [0.29, 0.717) is 12.0 Å². The highest BCUT2D eigenvalue weighted by molar-refractivity contribution is 6.73. The van der Waals surface area contributed by atoms with E-state index >= 15 is 0 Å². The Bertz CT molecular complexity index is 227. The first-order valence-electron chi connectivity index (χ1n) is 7.77. The van der Waals surface area contributed by atoms with Crippen molar-refractivity contribution < 1.29 is 9.53 Å². The van der Waals surface area contributed by atoms with Crippen molar-refractivity contribution in [3.05, 3.63) is 0 Å². The highest BCUT2D eigenvalue weighted by Gasteiger charge is 2.36. The number of hydrogen-bond donors (Lipinski definition) is 1. The fraction of sp³-hybridized carbons (Fsp3) is 1.00. The van der Waals surface area contributed by atoms with E-state index < -0.39 is 13.9 Å². The topological polar surface area (TPSA) is 29.5 Å². The standard InChI is InChI=1S/C15H32O2Si/c1-6-18(7-2,8-3)17-14-11-9-13(10-12-14)15(4,5)16/h13-14,16H,6-12H2,1-5H3. The second-order valence-electron chi connectivity index (χ2n) is 6.49. The second-order valence-corrected chi connectivity index (χ2v) is 11.2. The summed E-state index contributed by atoms with van der Waals surface area (Å²) in [6.07, 6.45) is 4.99. The van der Waals surface area contributed by atoms with Gasteiger partial charge in [-0.15, -0.1) is 0 Å². The molecule has 0 bridgehead atoms. The Kier molecular flexibility index (Phi) is 5.88. The molecular formula is C15H32O2Si. The van der Waals surface area contributed by atoms with Crippen molar-refractivity contribution >= 4 is 8.32 Å². The maximum absolute atomic E-state index is 10.1. The van der Waals surface area contributed by atoms with Crippen LogP contribution in [0.1, 0.15) is 60.3 Å². The van der Waals surface area contributed by atoms with Gasteiger partial charge in [0, 0.05) is 6.10 Å². The van der Waals surface area contributed by atoms with Gasteiger partial charge in [0.2, 0.25) is 0 Å². The van der Waals surface area contributed by atoms with Crippen LogP contribution in [0.4, 0.5) is 0 Å². The third-order valence-electron chi connectivity index (χ3n) is 5.02. The first kappa shape index (κ1) is 16.2. The van der Waals surface area contributed by atoms with Gasteiger partial charge in [-0.2, -0.15) is 0 Å². The summed E-state index contributed by atoms with van der Waals surface area (Å²) >= 11 is 0. The van der Waals surface area contributed by atoms with E-state index in [1.165, 1.54) is 18.1 Å². The molecule has 0 amide bonds. The van der Waals surface area contributed by atoms with Crippen LogP contribution in [-0.4, -0.2) is 25.1 Å². The zero-order valence-corrected chi connectivity index (χ0v) is 14.0. The predicted octanol–water partition coefficient (Wildman–Crippen LogP) is 4.34. The Labute approximate surface area is 114 Å². The van der Waals surface area contributed by atoms with Gasteiger partial charge in [-0.3, -0.25) is 0 Å². The lowest BCUT2D eigenvalue weighted by Gasteiger charge is -2.39. The molecule has 108 valence electrons. The monoisotopic (exact) mass is 272 g/mol. The van der Waals surface area contributed by atoms with Crippen molar-refractivity contribution in [1.82, 2.24) is 0 Å². The molecule has 0 aromatic heterocycles. The summed E-state index contributed by atoms with van der Waals surface area (Å²) < 4.78 is 6.54. The van der Waals surface area contributed by atoms with E-state index in [1.807, 2.05) is 13.8 Å². The van der Waals surface area contributed by atoms with Crippen LogP contribution in [0.3, 0.4) is 0 Å². The largest absolute Gasteiger partial charge is 0.414 e. The van der Waals surface area contributed by atoms with E-state index in [1.54, 1.807) is 0 Å². The van der Waals surface area contributed by atoms with E-state index in [9.17, 15) is 5.11 Å². The number of rotatable bonds is 6. The molecule has 0 spiro atoms. The molecule has 0 aromatic rings. The Balaban J connectivity index is 2.48. The summed E-state index contributed by atoms with van der Waals surface area (Å²) in [5.41, 5.74) is -0.514. The maximum Gasteiger partial charge on any atom is 0.192 e. The lowest BCUT2D eigenvalue weighted by atomic mass is 9.78. The minimum atomic E-state index is -1.44. The molecule has 1 N–H and O–H groups in total. The zero-order chi connectivity index (χ0) is 13.8. The van der Waals surface area contributed by atoms with Gasteiger partial charge in [0.1, 0.15) is 0 Å². The molecule has 0 saturated heterocycles. The molecule has 1 aliphatic carbocycles. The van der Waals surface area contributed by atoms with E-state index in [2.05, 4.69) is 20.8 Å². The molecule has 0 heterocycles. The van der Waals surface area contributed by atoms with Gasteiger partial charge in [-0.05, 0) is 63.6 Å². The minimum absolute atomic E-state index is 0.457. The van der Waals surface area contributed by atoms with Gasteiger partial charge in [-0.1, -0.05) is 20.8 Å². The molecule has 1 aliphatic rings. The third kappa shape index (κ3) is 4.07. The van der Waals surface area contributed by atoms with Crippen LogP contribution in [0.15, 0.2) is 0 Å². The molecule has 0 atom stereocenters. The van der Waals surface area contributed by atoms with Gasteiger partial charge < -0.3 is 9.53 Å². The summed E-state index contributed by atoms with van der Waals surface area (Å²) in [5.74, 6) is 0.457. The SMILES string of the molecule is CC[Si](CC)(CC)OC1CCC(C(C)(C)O)CC1. The molecule has 3 heteroatoms. The normalized spacial score (nSPS) is 26.3. The molecule has 0 unspecified atom stereocenters. The van der Waals surface area contributed by atoms with Crippen LogP contribution in [0.2, 0.25) is 18.1 Å². The maximum atomic E-state index is 10.1. The van der Waals surface area contributed by atoms with Crippen molar-refractivity contribution in [2.45, 2.75) is 90.1 Å². The molecule has 0 aliphatic heterocycles. The van der Waals surface area contributed by atoms with Gasteiger partial charge >= 0.3 is 0 Å². The molecule has 1 fully saturated rings. The van der Waals surface area contributed by atoms with Crippen molar-refractivity contribution in [2.24, 2.45) is 5.92 Å². The van der Waals surface area contributed by atoms with Gasteiger partial charge in [0.05, 0.1) is 5.60 Å². The van der Waals surface area contributed by atoms with Crippen molar-refractivity contribution in [2.75, 3.05) is 0 Å². The van der Waals surface area contributed by atoms with Crippen LogP contribution in [-0.2, 0) is 4.43 Å². The molecule has 18 heavy (non-hydrogen) atoms. The predicted molar refractivity (Wildman–Crippen MR) is 80.3 cm³/mol. The van der Waals surface area contributed by atoms with E-state index in [0.717, 1.165) is 25.7 Å². The van der Waals surface area contributed by atoms with Gasteiger partial charge in [0.15, 0.2) is 8.32 Å². The fourth-order valence-electron chi connectivity index (χ4n) is 3.24. The zero-order valence-electron chi connectivity index (χ0n) is 13.0. The smallest absolute Gasteiger partial charge is 0.192 e. The Hall–Kier alpha value is 0.137. The highest BCUT2D eigenvalue weighted by atomic mass is 28.4. The number of aliphatic hydroxyl groups is 1. The first-order valence-corrected chi connectivity index (χ1v) is 10.3. The molecule has 1 rings (SSSR count). The van der Waals surface area contributed by atoms with Crippen LogP contribution >= 0.6 is 0 Å². The van der Waals surface area contributed by atoms with Gasteiger partial charge in [0.25, 0.3) is 0 Å². The van der Waals surface area contributed by atoms with Crippen LogP contribution in [0.25, 0.3) is 0 Å². The van der Waals surface area contributed by atoms with Gasteiger partial charge in [-0.25, -0.2) is 0 Å². The lowest BCUT2D eigenvalue weighted by Crippen LogP contribution is -2.43. The van der Waals surface area contributed by atoms with Crippen LogP contribution in [0.5, 0.6) is 0 Å². The summed E-state index contributed by atoms with van der Waals surface area (Å²) in [6, 6.07) is 3.72. The Morgan fingerprint density at radius 1 is 1.00 bits per heavy atom. The summed E-state index contributed by atoms with van der Waals surface area (Å²) in [5, 5.41) is 10.1. The molecule has 2 nitrogen and oxygen atoms in total. The summed E-state index contributed by atoms with van der Waals surface area (Å²) in [6.45, 7) is 10.8. The second kappa shape index (κ2) is 6.53. The quantitative estimate of drug-likeness (QED) is 0.729. The van der Waals surface area contributed by atoms with Crippen LogP contribution in [0, 0.1) is 5.92 Å². The minimum Gasteiger partial charge on any atom is -0.414 e. The van der Waals surface area contributed by atoms with Crippen molar-refractivity contribution in [1.29, 1.82) is 0 Å². The summed E-state index contributed by atoms with van der Waals surface area (Å²) in [4.78, 5) is 0. The summed E-state index contributed by atoms with van der Waals surface area (Å²) in [7, 11) is -1.44. The molecule has 0 aromatic carbocycles. The molecule has 1 saturated carbocycles. The Morgan fingerprint density at radius 3 is 1.78 bits per heavy atom. The van der Waals surface area contributed by atoms with Crippen molar-refractivity contribution in [3.8, 4) is 0 Å². The van der Waals surface area contributed by atoms with E-state index in [4.69, 9.17) is 4.43 Å². The lowest BCUT2D eigenvalue weighted by molar-refractivity contribution is -0.0166. The third-order valence-corrected chi connectivity index (χ3v) is 9.72. The first-order chi connectivity index (χ1) is 8.37. The number of hydrogen-bond acceptors (Lipinski definition) is 2. The Morgan fingerprint density at radius 2 is 1.44 bits per heavy atom. The van der Waals surface area contributed by atoms with Crippen molar-refractivity contribution in [3.63, 3.8) is 0 Å². The highest BCUT2D eigenvalue weighted by Crippen LogP contribution is 2.36. The van der Waals surface area contributed by atoms with Crippen LogP contribution < -0.4 is 0 Å². The molecular weight excluding hydrogens is 240 g/mol. The van der Waals surface area contributed by atoms with E-state index in [-0.39, 0.29) is 0 Å². The molecule has 0 radical (unpaired) electrons.